The third-order valence-electron chi connectivity index (χ3n) is 11.4. The van der Waals surface area contributed by atoms with Crippen molar-refractivity contribution in [3.05, 3.63) is 158 Å². The second-order valence-corrected chi connectivity index (χ2v) is 17.6. The first kappa shape index (κ1) is 47.8. The van der Waals surface area contributed by atoms with Crippen LogP contribution in [-0.4, -0.2) is 95.8 Å². The molecule has 0 radical (unpaired) electrons. The molecule has 346 valence electrons. The van der Waals surface area contributed by atoms with Gasteiger partial charge >= 0.3 is 5.69 Å². The summed E-state index contributed by atoms with van der Waals surface area (Å²) in [4.78, 5) is 56.2. The lowest BCUT2D eigenvalue weighted by Gasteiger charge is -2.39. The van der Waals surface area contributed by atoms with E-state index >= 15 is 0 Å². The normalized spacial score (nSPS) is 17.6. The molecule has 3 heterocycles. The molecule has 1 unspecified atom stereocenters. The summed E-state index contributed by atoms with van der Waals surface area (Å²) in [6.45, 7) is 7.85. The number of nitrogens with zero attached hydrogens (tertiary/aromatic N) is 4. The van der Waals surface area contributed by atoms with Crippen LogP contribution in [0.5, 0.6) is 17.2 Å². The van der Waals surface area contributed by atoms with Gasteiger partial charge in [-0.2, -0.15) is 5.26 Å². The molecule has 5 aromatic rings. The molecule has 2 aliphatic rings. The zero-order valence-corrected chi connectivity index (χ0v) is 38.6. The van der Waals surface area contributed by atoms with E-state index in [1.165, 1.54) is 10.8 Å². The quantitative estimate of drug-likeness (QED) is 0.0338. The van der Waals surface area contributed by atoms with Crippen LogP contribution < -0.4 is 25.5 Å². The summed E-state index contributed by atoms with van der Waals surface area (Å²) in [5.41, 5.74) is 0.207. The molecule has 17 heteroatoms. The Balaban J connectivity index is 1.24. The Labute approximate surface area is 384 Å². The van der Waals surface area contributed by atoms with Crippen LogP contribution in [0.2, 0.25) is 0 Å². The Morgan fingerprint density at radius 1 is 0.803 bits per heavy atom. The molecular formula is C49H54N5O11P. The summed E-state index contributed by atoms with van der Waals surface area (Å²) in [6, 6.07) is 33.7. The highest BCUT2D eigenvalue weighted by molar-refractivity contribution is 7.44. The van der Waals surface area contributed by atoms with E-state index in [-0.39, 0.29) is 57.0 Å². The molecule has 1 fully saturated rings. The first-order chi connectivity index (χ1) is 31.9. The van der Waals surface area contributed by atoms with Gasteiger partial charge in [-0.1, -0.05) is 66.7 Å². The van der Waals surface area contributed by atoms with Crippen LogP contribution in [0.3, 0.4) is 0 Å². The summed E-state index contributed by atoms with van der Waals surface area (Å²) >= 11 is 0. The van der Waals surface area contributed by atoms with E-state index in [1.54, 1.807) is 38.5 Å². The molecule has 0 saturated carbocycles. The monoisotopic (exact) mass is 919 g/mol. The van der Waals surface area contributed by atoms with Gasteiger partial charge in [0, 0.05) is 18.5 Å². The van der Waals surface area contributed by atoms with Crippen molar-refractivity contribution in [1.82, 2.24) is 19.1 Å². The minimum Gasteiger partial charge on any atom is -0.497 e. The predicted octanol–water partition coefficient (Wildman–Crippen LogP) is 7.19. The molecule has 4 aromatic carbocycles. The van der Waals surface area contributed by atoms with Crippen LogP contribution in [0, 0.1) is 11.3 Å². The largest absolute Gasteiger partial charge is 0.497 e. The van der Waals surface area contributed by atoms with Crippen molar-refractivity contribution in [2.24, 2.45) is 0 Å². The highest BCUT2D eigenvalue weighted by Gasteiger charge is 2.45. The summed E-state index contributed by atoms with van der Waals surface area (Å²) in [7, 11) is 1.42. The summed E-state index contributed by atoms with van der Waals surface area (Å²) in [6.07, 6.45) is -1.06. The Bertz CT molecular complexity index is 2520. The fourth-order valence-corrected chi connectivity index (χ4v) is 10.1. The minimum atomic E-state index is -1.79. The van der Waals surface area contributed by atoms with Crippen molar-refractivity contribution < 1.29 is 42.3 Å². The maximum absolute atomic E-state index is 13.7. The molecule has 0 spiro atoms. The number of hydrogen-bond donors (Lipinski definition) is 1. The SMILES string of the molecule is COc1ccc(C(OC[C@H]2O[C@@H](n3cc(OCCN4C(=O)c5ccccc5C4=O)c(=O)[nH]c3=O)C[C@@H]2OP(OCCC#N)N(C(C)C)C(C)C)(c2ccccc2)c2ccc(OC)cc2)cc1. The average Bonchev–Trinajstić information content (AvgIpc) is 3.83. The van der Waals surface area contributed by atoms with E-state index in [0.717, 1.165) is 21.6 Å². The number of imide groups is 1. The predicted molar refractivity (Wildman–Crippen MR) is 246 cm³/mol. The van der Waals surface area contributed by atoms with E-state index in [9.17, 15) is 24.4 Å². The number of H-pyrrole nitrogens is 1. The third-order valence-corrected chi connectivity index (χ3v) is 13.6. The van der Waals surface area contributed by atoms with Gasteiger partial charge in [-0.25, -0.2) is 9.46 Å². The lowest BCUT2D eigenvalue weighted by molar-refractivity contribution is -0.0926. The van der Waals surface area contributed by atoms with E-state index in [2.05, 4.69) is 15.7 Å². The molecule has 2 aliphatic heterocycles. The van der Waals surface area contributed by atoms with Crippen LogP contribution in [0.25, 0.3) is 0 Å². The lowest BCUT2D eigenvalue weighted by atomic mass is 9.80. The molecule has 0 aliphatic carbocycles. The number of benzene rings is 4. The Morgan fingerprint density at radius 3 is 1.91 bits per heavy atom. The van der Waals surface area contributed by atoms with Crippen LogP contribution >= 0.6 is 8.53 Å². The number of aromatic nitrogens is 2. The molecule has 2 amide bonds. The fourth-order valence-electron chi connectivity index (χ4n) is 8.30. The van der Waals surface area contributed by atoms with Crippen molar-refractivity contribution in [2.45, 2.75) is 76.7 Å². The standard InChI is InChI=1S/C49H54N5O11P/c1-32(2)54(33(3)4)66(63-27-12-25-50)65-41-29-44(53-30-42(45(55)51-48(53)58)61-28-26-52-46(56)39-15-10-11-16-40(39)47(52)57)64-43(41)31-62-49(34-13-8-7-9-14-34,35-17-21-37(59-5)22-18-35)36-19-23-38(60-6)24-20-36/h7-11,13-24,30,32-33,41,43-44H,12,26-29,31H2,1-6H3,(H,51,55,58)/t41-,43+,44+,66?/m0/s1. The van der Waals surface area contributed by atoms with Gasteiger partial charge in [-0.05, 0) is 80.8 Å². The van der Waals surface area contributed by atoms with E-state index in [1.807, 2.05) is 107 Å². The van der Waals surface area contributed by atoms with Crippen LogP contribution in [-0.2, 0) is 24.1 Å². The van der Waals surface area contributed by atoms with Gasteiger partial charge in [0.1, 0.15) is 36.0 Å². The van der Waals surface area contributed by atoms with Crippen molar-refractivity contribution in [3.63, 3.8) is 0 Å². The number of ether oxygens (including phenoxy) is 5. The number of carbonyl (C=O) groups is 2. The maximum Gasteiger partial charge on any atom is 0.330 e. The lowest BCUT2D eigenvalue weighted by Crippen LogP contribution is -2.39. The molecule has 1 saturated heterocycles. The Hall–Kier alpha value is -6.18. The van der Waals surface area contributed by atoms with Crippen molar-refractivity contribution in [2.75, 3.05) is 40.6 Å². The zero-order chi connectivity index (χ0) is 47.0. The number of amides is 2. The van der Waals surface area contributed by atoms with Crippen molar-refractivity contribution in [1.29, 1.82) is 5.26 Å². The highest BCUT2D eigenvalue weighted by atomic mass is 31.2. The summed E-state index contributed by atoms with van der Waals surface area (Å²) in [5.74, 6) is 0.179. The molecule has 16 nitrogen and oxygen atoms in total. The van der Waals surface area contributed by atoms with E-state index in [4.69, 9.17) is 32.7 Å². The van der Waals surface area contributed by atoms with E-state index < -0.39 is 55.6 Å². The molecular weight excluding hydrogens is 866 g/mol. The third kappa shape index (κ3) is 10.1. The number of nitrogens with one attached hydrogen (secondary N) is 1. The average molecular weight is 920 g/mol. The van der Waals surface area contributed by atoms with Crippen LogP contribution in [0.4, 0.5) is 0 Å². The highest BCUT2D eigenvalue weighted by Crippen LogP contribution is 2.51. The summed E-state index contributed by atoms with van der Waals surface area (Å²) < 4.78 is 47.6. The smallest absolute Gasteiger partial charge is 0.330 e. The number of nitriles is 1. The van der Waals surface area contributed by atoms with Gasteiger partial charge in [0.2, 0.25) is 5.75 Å². The Morgan fingerprint density at radius 2 is 1.36 bits per heavy atom. The molecule has 1 N–H and O–H groups in total. The van der Waals surface area contributed by atoms with E-state index in [0.29, 0.717) is 22.6 Å². The van der Waals surface area contributed by atoms with Gasteiger partial charge in [0.25, 0.3) is 25.9 Å². The molecule has 4 atom stereocenters. The number of hydrogen-bond acceptors (Lipinski definition) is 13. The number of methoxy groups -OCH3 is 2. The number of aromatic amines is 1. The fraction of sp³-hybridized carbons (Fsp3) is 0.367. The number of rotatable bonds is 21. The van der Waals surface area contributed by atoms with Gasteiger partial charge in [-0.3, -0.25) is 28.8 Å². The molecule has 7 rings (SSSR count). The molecule has 66 heavy (non-hydrogen) atoms. The first-order valence-electron chi connectivity index (χ1n) is 21.7. The van der Waals surface area contributed by atoms with Crippen LogP contribution in [0.15, 0.2) is 119 Å². The zero-order valence-electron chi connectivity index (χ0n) is 37.7. The Kier molecular flexibility index (Phi) is 15.5. The second-order valence-electron chi connectivity index (χ2n) is 16.2. The van der Waals surface area contributed by atoms with Crippen LogP contribution in [0.1, 0.15) is 84.2 Å². The molecule has 0 bridgehead atoms. The summed E-state index contributed by atoms with van der Waals surface area (Å²) in [5, 5.41) is 9.42. The van der Waals surface area contributed by atoms with Gasteiger partial charge in [0.05, 0.1) is 69.9 Å². The van der Waals surface area contributed by atoms with Gasteiger partial charge in [-0.15, -0.1) is 0 Å². The topological polar surface area (TPSA) is 184 Å². The number of carbonyl (C=O) groups excluding carboxylic acids is 2. The van der Waals surface area contributed by atoms with Gasteiger partial charge in [0.15, 0.2) is 0 Å². The van der Waals surface area contributed by atoms with Crippen molar-refractivity contribution >= 4 is 20.3 Å². The molecule has 1 aromatic heterocycles. The van der Waals surface area contributed by atoms with Gasteiger partial charge < -0.3 is 32.7 Å². The maximum atomic E-state index is 13.7. The minimum absolute atomic E-state index is 0.0104. The first-order valence-corrected chi connectivity index (χ1v) is 22.9. The number of fused-ring (bicyclic) bond motifs is 1. The second kappa shape index (κ2) is 21.4. The van der Waals surface area contributed by atoms with Crippen molar-refractivity contribution in [3.8, 4) is 23.3 Å².